The van der Waals surface area contributed by atoms with Crippen molar-refractivity contribution >= 4 is 16.7 Å². The van der Waals surface area contributed by atoms with Crippen LogP contribution in [0, 0.1) is 5.82 Å². The first-order valence-electron chi connectivity index (χ1n) is 7.04. The van der Waals surface area contributed by atoms with Crippen LogP contribution < -0.4 is 5.73 Å². The summed E-state index contributed by atoms with van der Waals surface area (Å²) in [5.74, 6) is 1.10. The molecule has 0 aliphatic heterocycles. The quantitative estimate of drug-likeness (QED) is 0.740. The van der Waals surface area contributed by atoms with Crippen LogP contribution in [0.2, 0.25) is 0 Å². The van der Waals surface area contributed by atoms with Gasteiger partial charge in [-0.25, -0.2) is 9.37 Å². The molecule has 2 N–H and O–H groups in total. The first-order chi connectivity index (χ1) is 10.0. The number of nitrogens with two attached hydrogens (primary N) is 1. The van der Waals surface area contributed by atoms with Gasteiger partial charge in [0, 0.05) is 18.2 Å². The topological polar surface area (TPSA) is 43.8 Å². The highest BCUT2D eigenvalue weighted by molar-refractivity contribution is 5.79. The van der Waals surface area contributed by atoms with Gasteiger partial charge in [0.1, 0.15) is 11.6 Å². The predicted octanol–water partition coefficient (Wildman–Crippen LogP) is 3.93. The van der Waals surface area contributed by atoms with Crippen molar-refractivity contribution in [1.82, 2.24) is 9.55 Å². The van der Waals surface area contributed by atoms with Gasteiger partial charge in [0.05, 0.1) is 11.0 Å². The number of hydrogen-bond acceptors (Lipinski definition) is 2. The Balaban J connectivity index is 2.10. The van der Waals surface area contributed by atoms with E-state index in [4.69, 9.17) is 10.7 Å². The minimum absolute atomic E-state index is 0.217. The number of halogens is 1. The van der Waals surface area contributed by atoms with E-state index in [2.05, 4.69) is 18.4 Å². The van der Waals surface area contributed by atoms with Crippen molar-refractivity contribution < 1.29 is 4.39 Å². The van der Waals surface area contributed by atoms with Gasteiger partial charge >= 0.3 is 0 Å². The molecule has 21 heavy (non-hydrogen) atoms. The van der Waals surface area contributed by atoms with Gasteiger partial charge in [0.25, 0.3) is 0 Å². The highest BCUT2D eigenvalue weighted by Gasteiger charge is 2.14. The fourth-order valence-corrected chi connectivity index (χ4v) is 2.54. The molecule has 4 heteroatoms. The molecule has 0 radical (unpaired) electrons. The lowest BCUT2D eigenvalue weighted by Gasteiger charge is -2.11. The minimum Gasteiger partial charge on any atom is -0.399 e. The number of benzene rings is 2. The van der Waals surface area contributed by atoms with Crippen LogP contribution in [0.25, 0.3) is 11.0 Å². The molecule has 1 aromatic heterocycles. The van der Waals surface area contributed by atoms with Crippen molar-refractivity contribution in [2.45, 2.75) is 26.3 Å². The summed E-state index contributed by atoms with van der Waals surface area (Å²) >= 11 is 0. The van der Waals surface area contributed by atoms with Crippen molar-refractivity contribution in [3.63, 3.8) is 0 Å². The second-order valence-electron chi connectivity index (χ2n) is 5.59. The molecular weight excluding hydrogens is 265 g/mol. The molecule has 0 saturated heterocycles. The Labute approximate surface area is 123 Å². The van der Waals surface area contributed by atoms with E-state index in [0.29, 0.717) is 18.2 Å². The van der Waals surface area contributed by atoms with Crippen LogP contribution in [0.4, 0.5) is 10.1 Å². The van der Waals surface area contributed by atoms with Gasteiger partial charge < -0.3 is 10.3 Å². The third kappa shape index (κ3) is 2.61. The zero-order valence-corrected chi connectivity index (χ0v) is 12.2. The van der Waals surface area contributed by atoms with E-state index >= 15 is 0 Å². The number of aromatic nitrogens is 2. The predicted molar refractivity (Wildman–Crippen MR) is 83.7 cm³/mol. The largest absolute Gasteiger partial charge is 0.399 e. The zero-order valence-electron chi connectivity index (χ0n) is 12.2. The summed E-state index contributed by atoms with van der Waals surface area (Å²) in [5.41, 5.74) is 9.56. The van der Waals surface area contributed by atoms with E-state index < -0.39 is 0 Å². The molecule has 108 valence electrons. The summed E-state index contributed by atoms with van der Waals surface area (Å²) < 4.78 is 15.2. The van der Waals surface area contributed by atoms with Crippen molar-refractivity contribution in [3.05, 3.63) is 59.7 Å². The Hall–Kier alpha value is -2.36. The lowest BCUT2D eigenvalue weighted by molar-refractivity contribution is 0.625. The number of hydrogen-bond donors (Lipinski definition) is 1. The summed E-state index contributed by atoms with van der Waals surface area (Å²) in [4.78, 5) is 4.70. The minimum atomic E-state index is -0.217. The van der Waals surface area contributed by atoms with E-state index in [1.54, 1.807) is 0 Å². The van der Waals surface area contributed by atoms with E-state index in [9.17, 15) is 4.39 Å². The third-order valence-corrected chi connectivity index (χ3v) is 3.57. The molecule has 3 rings (SSSR count). The second kappa shape index (κ2) is 5.20. The highest BCUT2D eigenvalue weighted by Crippen LogP contribution is 2.24. The fraction of sp³-hybridized carbons (Fsp3) is 0.235. The molecule has 0 spiro atoms. The summed E-state index contributed by atoms with van der Waals surface area (Å²) in [6.07, 6.45) is 0. The van der Waals surface area contributed by atoms with Crippen molar-refractivity contribution in [3.8, 4) is 0 Å². The molecule has 0 unspecified atom stereocenters. The molecule has 0 aliphatic carbocycles. The van der Waals surface area contributed by atoms with Crippen molar-refractivity contribution in [2.75, 3.05) is 5.73 Å². The van der Waals surface area contributed by atoms with Crippen molar-refractivity contribution in [1.29, 1.82) is 0 Å². The Kier molecular flexibility index (Phi) is 3.37. The van der Waals surface area contributed by atoms with Gasteiger partial charge in [-0.05, 0) is 35.9 Å². The van der Waals surface area contributed by atoms with Gasteiger partial charge in [0.15, 0.2) is 0 Å². The molecule has 3 aromatic rings. The number of rotatable bonds is 3. The number of nitrogen functional groups attached to an aromatic ring is 1. The van der Waals surface area contributed by atoms with E-state index in [-0.39, 0.29) is 5.82 Å². The van der Waals surface area contributed by atoms with Crippen LogP contribution in [0.1, 0.15) is 31.2 Å². The molecule has 0 bridgehead atoms. The molecule has 2 aromatic carbocycles. The Bertz CT molecular complexity index is 773. The van der Waals surface area contributed by atoms with E-state index in [0.717, 1.165) is 22.4 Å². The molecule has 0 fully saturated rings. The number of nitrogens with zero attached hydrogens (tertiary/aromatic N) is 2. The molecule has 0 saturated carbocycles. The van der Waals surface area contributed by atoms with Gasteiger partial charge in [-0.1, -0.05) is 26.0 Å². The van der Waals surface area contributed by atoms with Crippen LogP contribution in [-0.2, 0) is 6.54 Å². The molecule has 1 heterocycles. The highest BCUT2D eigenvalue weighted by atomic mass is 19.1. The SMILES string of the molecule is CC(C)c1nc2cc(N)ccc2n1Cc1ccc(F)cc1. The second-order valence-corrected chi connectivity index (χ2v) is 5.59. The zero-order chi connectivity index (χ0) is 15.0. The van der Waals surface area contributed by atoms with Gasteiger partial charge in [-0.15, -0.1) is 0 Å². The monoisotopic (exact) mass is 283 g/mol. The molecule has 0 amide bonds. The lowest BCUT2D eigenvalue weighted by atomic mass is 10.2. The first-order valence-corrected chi connectivity index (χ1v) is 7.04. The lowest BCUT2D eigenvalue weighted by Crippen LogP contribution is -2.06. The fourth-order valence-electron chi connectivity index (χ4n) is 2.54. The average molecular weight is 283 g/mol. The van der Waals surface area contributed by atoms with Gasteiger partial charge in [-0.3, -0.25) is 0 Å². The first kappa shape index (κ1) is 13.6. The van der Waals surface area contributed by atoms with Crippen molar-refractivity contribution in [2.24, 2.45) is 0 Å². The summed E-state index contributed by atoms with van der Waals surface area (Å²) in [5, 5.41) is 0. The Morgan fingerprint density at radius 3 is 2.52 bits per heavy atom. The molecule has 3 nitrogen and oxygen atoms in total. The van der Waals surface area contributed by atoms with Crippen LogP contribution in [0.15, 0.2) is 42.5 Å². The maximum Gasteiger partial charge on any atom is 0.123 e. The standard InChI is InChI=1S/C17H18FN3/c1-11(2)17-20-15-9-14(19)7-8-16(15)21(17)10-12-3-5-13(18)6-4-12/h3-9,11H,10,19H2,1-2H3. The molecular formula is C17H18FN3. The van der Waals surface area contributed by atoms with Crippen LogP contribution >= 0.6 is 0 Å². The van der Waals surface area contributed by atoms with Crippen LogP contribution in [0.5, 0.6) is 0 Å². The normalized spacial score (nSPS) is 11.4. The van der Waals surface area contributed by atoms with E-state index in [1.165, 1.54) is 12.1 Å². The third-order valence-electron chi connectivity index (χ3n) is 3.57. The maximum absolute atomic E-state index is 13.0. The Morgan fingerprint density at radius 2 is 1.86 bits per heavy atom. The summed E-state index contributed by atoms with van der Waals surface area (Å²) in [6.45, 7) is 4.91. The summed E-state index contributed by atoms with van der Waals surface area (Å²) in [6, 6.07) is 12.4. The summed E-state index contributed by atoms with van der Waals surface area (Å²) in [7, 11) is 0. The van der Waals surface area contributed by atoms with E-state index in [1.807, 2.05) is 30.3 Å². The molecule has 0 aliphatic rings. The number of imidazole rings is 1. The molecule has 0 atom stereocenters. The smallest absolute Gasteiger partial charge is 0.123 e. The number of anilines is 1. The van der Waals surface area contributed by atoms with Crippen LogP contribution in [-0.4, -0.2) is 9.55 Å². The van der Waals surface area contributed by atoms with Crippen LogP contribution in [0.3, 0.4) is 0 Å². The van der Waals surface area contributed by atoms with Gasteiger partial charge in [-0.2, -0.15) is 0 Å². The maximum atomic E-state index is 13.0. The average Bonchev–Trinajstić information content (AvgIpc) is 2.79. The Morgan fingerprint density at radius 1 is 1.14 bits per heavy atom. The van der Waals surface area contributed by atoms with Gasteiger partial charge in [0.2, 0.25) is 0 Å². The number of fused-ring (bicyclic) bond motifs is 1.